The number of rotatable bonds is 3. The number of nitrogens with zero attached hydrogens (tertiary/aromatic N) is 1. The van der Waals surface area contributed by atoms with Gasteiger partial charge in [0.2, 0.25) is 10.0 Å². The van der Waals surface area contributed by atoms with Gasteiger partial charge in [-0.25, -0.2) is 12.8 Å². The fraction of sp³-hybridized carbons (Fsp3) is 0.364. The predicted octanol–water partition coefficient (Wildman–Crippen LogP) is -0.127. The van der Waals surface area contributed by atoms with Gasteiger partial charge in [-0.15, -0.1) is 0 Å². The molecule has 1 saturated heterocycles. The fourth-order valence-electron chi connectivity index (χ4n) is 1.95. The number of hydrogen-bond donors (Lipinski definition) is 2. The first-order valence-electron chi connectivity index (χ1n) is 5.64. The number of benzene rings is 1. The summed E-state index contributed by atoms with van der Waals surface area (Å²) in [5.41, 5.74) is 0. The second-order valence-corrected chi connectivity index (χ2v) is 6.02. The molecule has 0 aliphatic carbocycles. The summed E-state index contributed by atoms with van der Waals surface area (Å²) in [4.78, 5) is 10.9. The highest BCUT2D eigenvalue weighted by atomic mass is 32.2. The van der Waals surface area contributed by atoms with Gasteiger partial charge < -0.3 is 10.4 Å². The Balaban J connectivity index is 2.40. The molecule has 1 aromatic rings. The van der Waals surface area contributed by atoms with Crippen LogP contribution < -0.4 is 5.32 Å². The minimum absolute atomic E-state index is 0.0316. The summed E-state index contributed by atoms with van der Waals surface area (Å²) in [5.74, 6) is -1.91. The standard InChI is InChI=1S/C11H13FN2O4S/c12-8-2-1-3-9(6-8)19(17,18)14-5-4-13-7-10(14)11(15)16/h1-3,6,10,13H,4-5,7H2,(H,15,16). The van der Waals surface area contributed by atoms with Crippen LogP contribution in [0.3, 0.4) is 0 Å². The van der Waals surface area contributed by atoms with E-state index in [1.807, 2.05) is 0 Å². The van der Waals surface area contributed by atoms with Crippen molar-refractivity contribution in [2.24, 2.45) is 0 Å². The van der Waals surface area contributed by atoms with Crippen LogP contribution in [0.2, 0.25) is 0 Å². The Bertz CT molecular complexity index is 590. The maximum absolute atomic E-state index is 13.1. The Morgan fingerprint density at radius 2 is 2.21 bits per heavy atom. The van der Waals surface area contributed by atoms with Crippen molar-refractivity contribution in [2.75, 3.05) is 19.6 Å². The van der Waals surface area contributed by atoms with Crippen LogP contribution >= 0.6 is 0 Å². The summed E-state index contributed by atoms with van der Waals surface area (Å²) in [5, 5.41) is 11.9. The predicted molar refractivity (Wildman–Crippen MR) is 64.6 cm³/mol. The lowest BCUT2D eigenvalue weighted by molar-refractivity contribution is -0.141. The molecule has 0 aromatic heterocycles. The highest BCUT2D eigenvalue weighted by Crippen LogP contribution is 2.20. The maximum atomic E-state index is 13.1. The van der Waals surface area contributed by atoms with Gasteiger partial charge in [-0.1, -0.05) is 6.07 Å². The summed E-state index contributed by atoms with van der Waals surface area (Å²) in [6.07, 6.45) is 0. The van der Waals surface area contributed by atoms with Crippen molar-refractivity contribution in [3.05, 3.63) is 30.1 Å². The third-order valence-electron chi connectivity index (χ3n) is 2.88. The second-order valence-electron chi connectivity index (χ2n) is 4.13. The van der Waals surface area contributed by atoms with E-state index < -0.39 is 27.9 Å². The monoisotopic (exact) mass is 288 g/mol. The molecule has 0 bridgehead atoms. The molecule has 1 aromatic carbocycles. The SMILES string of the molecule is O=C(O)C1CNCCN1S(=O)(=O)c1cccc(F)c1. The van der Waals surface area contributed by atoms with E-state index in [1.165, 1.54) is 12.1 Å². The minimum atomic E-state index is -4.01. The molecule has 19 heavy (non-hydrogen) atoms. The molecule has 1 unspecified atom stereocenters. The summed E-state index contributed by atoms with van der Waals surface area (Å²) in [7, 11) is -4.01. The lowest BCUT2D eigenvalue weighted by atomic mass is 10.2. The van der Waals surface area contributed by atoms with Crippen molar-refractivity contribution in [3.63, 3.8) is 0 Å². The molecule has 0 spiro atoms. The Labute approximate surface area is 109 Å². The van der Waals surface area contributed by atoms with Gasteiger partial charge in [-0.2, -0.15) is 4.31 Å². The first-order valence-corrected chi connectivity index (χ1v) is 7.08. The Morgan fingerprint density at radius 1 is 1.47 bits per heavy atom. The molecule has 8 heteroatoms. The van der Waals surface area contributed by atoms with Crippen LogP contribution in [-0.4, -0.2) is 49.5 Å². The van der Waals surface area contributed by atoms with Crippen LogP contribution in [0.5, 0.6) is 0 Å². The quantitative estimate of drug-likeness (QED) is 0.809. The Hall–Kier alpha value is -1.51. The van der Waals surface area contributed by atoms with E-state index in [0.29, 0.717) is 6.54 Å². The maximum Gasteiger partial charge on any atom is 0.323 e. The van der Waals surface area contributed by atoms with Crippen molar-refractivity contribution in [2.45, 2.75) is 10.9 Å². The van der Waals surface area contributed by atoms with Crippen molar-refractivity contribution < 1.29 is 22.7 Å². The molecular formula is C11H13FN2O4S. The van der Waals surface area contributed by atoms with Crippen molar-refractivity contribution in [3.8, 4) is 0 Å². The third-order valence-corrected chi connectivity index (χ3v) is 4.79. The summed E-state index contributed by atoms with van der Waals surface area (Å²) in [6, 6.07) is 3.36. The molecule has 2 rings (SSSR count). The van der Waals surface area contributed by atoms with Gasteiger partial charge in [-0.3, -0.25) is 4.79 Å². The average molecular weight is 288 g/mol. The van der Waals surface area contributed by atoms with Crippen molar-refractivity contribution >= 4 is 16.0 Å². The number of carbonyl (C=O) groups is 1. The Kier molecular flexibility index (Phi) is 3.83. The Morgan fingerprint density at radius 3 is 2.84 bits per heavy atom. The number of halogens is 1. The largest absolute Gasteiger partial charge is 0.480 e. The first kappa shape index (κ1) is 13.9. The summed E-state index contributed by atoms with van der Waals surface area (Å²) >= 11 is 0. The van der Waals surface area contributed by atoms with Gasteiger partial charge in [0.15, 0.2) is 0 Å². The molecule has 0 saturated carbocycles. The highest BCUT2D eigenvalue weighted by molar-refractivity contribution is 7.89. The van der Waals surface area contributed by atoms with Gasteiger partial charge in [0.1, 0.15) is 11.9 Å². The zero-order chi connectivity index (χ0) is 14.0. The fourth-order valence-corrected chi connectivity index (χ4v) is 3.56. The van der Waals surface area contributed by atoms with E-state index in [4.69, 9.17) is 5.11 Å². The van der Waals surface area contributed by atoms with E-state index in [2.05, 4.69) is 5.32 Å². The number of carboxylic acids is 1. The van der Waals surface area contributed by atoms with Gasteiger partial charge in [0.05, 0.1) is 4.90 Å². The molecule has 104 valence electrons. The summed E-state index contributed by atoms with van der Waals surface area (Å²) in [6.45, 7) is 0.429. The lowest BCUT2D eigenvalue weighted by Crippen LogP contribution is -2.56. The second kappa shape index (κ2) is 5.24. The number of piperazine rings is 1. The van der Waals surface area contributed by atoms with Gasteiger partial charge in [0, 0.05) is 19.6 Å². The molecule has 2 N–H and O–H groups in total. The topological polar surface area (TPSA) is 86.7 Å². The number of hydrogen-bond acceptors (Lipinski definition) is 4. The van der Waals surface area contributed by atoms with Gasteiger partial charge in [0.25, 0.3) is 0 Å². The molecule has 1 fully saturated rings. The number of sulfonamides is 1. The van der Waals surface area contributed by atoms with Crippen LogP contribution in [0.4, 0.5) is 4.39 Å². The van der Waals surface area contributed by atoms with E-state index in [0.717, 1.165) is 16.4 Å². The highest BCUT2D eigenvalue weighted by Gasteiger charge is 2.37. The number of nitrogens with one attached hydrogen (secondary N) is 1. The molecule has 1 heterocycles. The molecule has 1 atom stereocenters. The first-order chi connectivity index (χ1) is 8.93. The average Bonchev–Trinajstić information content (AvgIpc) is 2.38. The van der Waals surface area contributed by atoms with E-state index >= 15 is 0 Å². The zero-order valence-electron chi connectivity index (χ0n) is 9.91. The van der Waals surface area contributed by atoms with E-state index in [9.17, 15) is 17.6 Å². The lowest BCUT2D eigenvalue weighted by Gasteiger charge is -2.32. The molecule has 6 nitrogen and oxygen atoms in total. The van der Waals surface area contributed by atoms with E-state index in [1.54, 1.807) is 0 Å². The van der Waals surface area contributed by atoms with Crippen LogP contribution in [0.25, 0.3) is 0 Å². The summed E-state index contributed by atoms with van der Waals surface area (Å²) < 4.78 is 38.6. The zero-order valence-corrected chi connectivity index (χ0v) is 10.7. The number of carboxylic acid groups (broad SMARTS) is 1. The van der Waals surface area contributed by atoms with Crippen LogP contribution in [-0.2, 0) is 14.8 Å². The van der Waals surface area contributed by atoms with Crippen LogP contribution in [0.1, 0.15) is 0 Å². The van der Waals surface area contributed by atoms with E-state index in [-0.39, 0.29) is 18.0 Å². The molecular weight excluding hydrogens is 275 g/mol. The normalized spacial score (nSPS) is 21.2. The van der Waals surface area contributed by atoms with Gasteiger partial charge in [-0.05, 0) is 18.2 Å². The number of aliphatic carboxylic acids is 1. The van der Waals surface area contributed by atoms with Crippen LogP contribution in [0.15, 0.2) is 29.2 Å². The molecule has 0 amide bonds. The minimum Gasteiger partial charge on any atom is -0.480 e. The van der Waals surface area contributed by atoms with Crippen molar-refractivity contribution in [1.82, 2.24) is 9.62 Å². The molecule has 1 aliphatic rings. The molecule has 1 aliphatic heterocycles. The smallest absolute Gasteiger partial charge is 0.323 e. The molecule has 0 radical (unpaired) electrons. The van der Waals surface area contributed by atoms with Crippen LogP contribution in [0, 0.1) is 5.82 Å². The van der Waals surface area contributed by atoms with Gasteiger partial charge >= 0.3 is 5.97 Å². The third kappa shape index (κ3) is 2.75. The van der Waals surface area contributed by atoms with Crippen molar-refractivity contribution in [1.29, 1.82) is 0 Å².